The van der Waals surface area contributed by atoms with E-state index in [0.29, 0.717) is 11.8 Å². The number of quaternary nitrogens is 1. The Morgan fingerprint density at radius 1 is 1.23 bits per heavy atom. The molecule has 2 heteroatoms. The van der Waals surface area contributed by atoms with Crippen LogP contribution in [0.2, 0.25) is 0 Å². The molecule has 0 saturated carbocycles. The maximum atomic E-state index is 12.9. The van der Waals surface area contributed by atoms with Crippen LogP contribution in [0.25, 0.3) is 0 Å². The van der Waals surface area contributed by atoms with Gasteiger partial charge >= 0.3 is 0 Å². The van der Waals surface area contributed by atoms with E-state index in [9.17, 15) is 5.21 Å². The van der Waals surface area contributed by atoms with Crippen molar-refractivity contribution in [2.45, 2.75) is 59.3 Å². The van der Waals surface area contributed by atoms with Crippen LogP contribution in [0.3, 0.4) is 0 Å². The van der Waals surface area contributed by atoms with Gasteiger partial charge in [0.15, 0.2) is 0 Å². The second-order valence-corrected chi connectivity index (χ2v) is 8.65. The number of nitrogens with zero attached hydrogens (tertiary/aromatic N) is 1. The third-order valence-corrected chi connectivity index (χ3v) is 4.96. The van der Waals surface area contributed by atoms with Crippen LogP contribution in [-0.2, 0) is 11.8 Å². The van der Waals surface area contributed by atoms with Crippen molar-refractivity contribution in [2.75, 3.05) is 19.6 Å². The Morgan fingerprint density at radius 2 is 1.86 bits per heavy atom. The van der Waals surface area contributed by atoms with Crippen molar-refractivity contribution < 1.29 is 4.65 Å². The van der Waals surface area contributed by atoms with Gasteiger partial charge in [-0.05, 0) is 35.8 Å². The summed E-state index contributed by atoms with van der Waals surface area (Å²) in [7, 11) is 0. The van der Waals surface area contributed by atoms with Gasteiger partial charge in [0.05, 0.1) is 19.6 Å². The molecule has 1 saturated heterocycles. The first-order valence-corrected chi connectivity index (χ1v) is 8.84. The minimum atomic E-state index is 0.0302. The smallest absolute Gasteiger partial charge is 0.0813 e. The first-order chi connectivity index (χ1) is 10.2. The van der Waals surface area contributed by atoms with Crippen LogP contribution in [-0.4, -0.2) is 24.3 Å². The lowest BCUT2D eigenvalue weighted by molar-refractivity contribution is -0.892. The summed E-state index contributed by atoms with van der Waals surface area (Å²) in [4.78, 5) is 0. The van der Waals surface area contributed by atoms with E-state index in [1.54, 1.807) is 0 Å². The number of hydrogen-bond acceptors (Lipinski definition) is 1. The largest absolute Gasteiger partial charge is 0.633 e. The van der Waals surface area contributed by atoms with Gasteiger partial charge in [-0.25, -0.2) is 0 Å². The standard InChI is InChI=1S/C20H33NO/c1-16-7-6-12-21(22,14-16)15-17(2)13-18-8-10-19(11-9-18)20(3,4)5/h8-11,16-17H,6-7,12-15H2,1-5H3. The van der Waals surface area contributed by atoms with Gasteiger partial charge in [0, 0.05) is 11.8 Å². The molecule has 0 bridgehead atoms. The summed E-state index contributed by atoms with van der Waals surface area (Å²) < 4.78 is 0.0302. The predicted molar refractivity (Wildman–Crippen MR) is 94.6 cm³/mol. The van der Waals surface area contributed by atoms with Gasteiger partial charge in [-0.3, -0.25) is 0 Å². The lowest BCUT2D eigenvalue weighted by Gasteiger charge is -2.49. The van der Waals surface area contributed by atoms with E-state index in [1.807, 2.05) is 0 Å². The van der Waals surface area contributed by atoms with E-state index in [4.69, 9.17) is 0 Å². The Morgan fingerprint density at radius 3 is 2.41 bits per heavy atom. The minimum Gasteiger partial charge on any atom is -0.633 e. The number of rotatable bonds is 4. The van der Waals surface area contributed by atoms with Gasteiger partial charge in [-0.15, -0.1) is 0 Å². The van der Waals surface area contributed by atoms with Crippen molar-refractivity contribution >= 4 is 0 Å². The Labute approximate surface area is 136 Å². The van der Waals surface area contributed by atoms with E-state index in [0.717, 1.165) is 32.5 Å². The first kappa shape index (κ1) is 17.5. The molecule has 1 fully saturated rings. The third-order valence-electron chi connectivity index (χ3n) is 4.96. The average molecular weight is 303 g/mol. The van der Waals surface area contributed by atoms with Gasteiger partial charge in [-0.2, -0.15) is 0 Å². The van der Waals surface area contributed by atoms with Crippen LogP contribution in [0.5, 0.6) is 0 Å². The number of likely N-dealkylation sites (tertiary alicyclic amines) is 1. The topological polar surface area (TPSA) is 23.1 Å². The fourth-order valence-corrected chi connectivity index (χ4v) is 3.82. The predicted octanol–water partition coefficient (Wildman–Crippen LogP) is 4.91. The monoisotopic (exact) mass is 303 g/mol. The molecular formula is C20H33NO. The molecule has 2 rings (SSSR count). The molecule has 0 spiro atoms. The molecule has 0 aromatic heterocycles. The van der Waals surface area contributed by atoms with Crippen LogP contribution in [0, 0.1) is 17.0 Å². The van der Waals surface area contributed by atoms with E-state index >= 15 is 0 Å². The second kappa shape index (κ2) is 6.72. The van der Waals surface area contributed by atoms with Crippen LogP contribution in [0.1, 0.15) is 58.6 Å². The Hall–Kier alpha value is -0.860. The second-order valence-electron chi connectivity index (χ2n) is 8.65. The highest BCUT2D eigenvalue weighted by molar-refractivity contribution is 5.27. The van der Waals surface area contributed by atoms with Crippen molar-refractivity contribution in [1.29, 1.82) is 0 Å². The van der Waals surface area contributed by atoms with E-state index in [2.05, 4.69) is 58.9 Å². The van der Waals surface area contributed by atoms with Crippen LogP contribution < -0.4 is 0 Å². The molecule has 0 amide bonds. The molecule has 2 nitrogen and oxygen atoms in total. The summed E-state index contributed by atoms with van der Waals surface area (Å²) in [5, 5.41) is 12.9. The number of piperidine rings is 1. The van der Waals surface area contributed by atoms with Crippen LogP contribution >= 0.6 is 0 Å². The molecule has 1 aliphatic rings. The summed E-state index contributed by atoms with van der Waals surface area (Å²) in [5.41, 5.74) is 2.94. The highest BCUT2D eigenvalue weighted by atomic mass is 16.5. The van der Waals surface area contributed by atoms with Gasteiger partial charge in [-0.1, -0.05) is 58.9 Å². The molecule has 1 aliphatic heterocycles. The highest BCUT2D eigenvalue weighted by Crippen LogP contribution is 2.26. The van der Waals surface area contributed by atoms with Gasteiger partial charge in [0.2, 0.25) is 0 Å². The number of benzene rings is 1. The molecule has 1 aromatic rings. The molecule has 0 aliphatic carbocycles. The van der Waals surface area contributed by atoms with Crippen molar-refractivity contribution in [3.8, 4) is 0 Å². The molecule has 0 N–H and O–H groups in total. The van der Waals surface area contributed by atoms with Gasteiger partial charge in [0.25, 0.3) is 0 Å². The van der Waals surface area contributed by atoms with E-state index in [1.165, 1.54) is 17.5 Å². The zero-order chi connectivity index (χ0) is 16.4. The fraction of sp³-hybridized carbons (Fsp3) is 0.700. The summed E-state index contributed by atoms with van der Waals surface area (Å²) in [6.07, 6.45) is 3.34. The summed E-state index contributed by atoms with van der Waals surface area (Å²) >= 11 is 0. The molecule has 124 valence electrons. The molecule has 1 heterocycles. The third kappa shape index (κ3) is 4.82. The quantitative estimate of drug-likeness (QED) is 0.572. The molecular weight excluding hydrogens is 270 g/mol. The Kier molecular flexibility index (Phi) is 5.34. The normalized spacial score (nSPS) is 27.6. The van der Waals surface area contributed by atoms with E-state index in [-0.39, 0.29) is 10.1 Å². The number of hydroxylamine groups is 3. The van der Waals surface area contributed by atoms with Crippen molar-refractivity contribution in [3.05, 3.63) is 40.6 Å². The van der Waals surface area contributed by atoms with Gasteiger partial charge in [0.1, 0.15) is 0 Å². The van der Waals surface area contributed by atoms with Crippen molar-refractivity contribution in [3.63, 3.8) is 0 Å². The maximum absolute atomic E-state index is 12.9. The molecule has 3 atom stereocenters. The molecule has 1 aromatic carbocycles. The van der Waals surface area contributed by atoms with Crippen LogP contribution in [0.4, 0.5) is 0 Å². The van der Waals surface area contributed by atoms with Crippen molar-refractivity contribution in [1.82, 2.24) is 0 Å². The fourth-order valence-electron chi connectivity index (χ4n) is 3.82. The van der Waals surface area contributed by atoms with Crippen LogP contribution in [0.15, 0.2) is 24.3 Å². The number of hydrogen-bond donors (Lipinski definition) is 0. The Balaban J connectivity index is 1.93. The average Bonchev–Trinajstić information content (AvgIpc) is 2.36. The Bertz CT molecular complexity index is 473. The zero-order valence-electron chi connectivity index (χ0n) is 15.1. The molecule has 3 unspecified atom stereocenters. The lowest BCUT2D eigenvalue weighted by Crippen LogP contribution is -2.51. The molecule has 0 radical (unpaired) electrons. The summed E-state index contributed by atoms with van der Waals surface area (Å²) in [6.45, 7) is 13.6. The maximum Gasteiger partial charge on any atom is 0.0813 e. The van der Waals surface area contributed by atoms with Crippen molar-refractivity contribution in [2.24, 2.45) is 11.8 Å². The SMILES string of the molecule is CC1CCC[N+]([O-])(CC(C)Cc2ccc(C(C)(C)C)cc2)C1. The van der Waals surface area contributed by atoms with E-state index < -0.39 is 0 Å². The molecule has 22 heavy (non-hydrogen) atoms. The first-order valence-electron chi connectivity index (χ1n) is 8.84. The van der Waals surface area contributed by atoms with Gasteiger partial charge < -0.3 is 9.85 Å². The summed E-state index contributed by atoms with van der Waals surface area (Å²) in [6, 6.07) is 8.97. The zero-order valence-corrected chi connectivity index (χ0v) is 15.1. The lowest BCUT2D eigenvalue weighted by atomic mass is 9.86. The summed E-state index contributed by atoms with van der Waals surface area (Å²) in [5.74, 6) is 1.04. The highest BCUT2D eigenvalue weighted by Gasteiger charge is 2.27. The minimum absolute atomic E-state index is 0.0302.